The lowest BCUT2D eigenvalue weighted by Crippen LogP contribution is -2.49. The van der Waals surface area contributed by atoms with Crippen LogP contribution in [0, 0.1) is 11.3 Å². The Morgan fingerprint density at radius 2 is 1.63 bits per heavy atom. The molecule has 1 aromatic heterocycles. The van der Waals surface area contributed by atoms with E-state index < -0.39 is 21.9 Å². The van der Waals surface area contributed by atoms with Crippen LogP contribution in [0.5, 0.6) is 0 Å². The smallest absolute Gasteiger partial charge is 0.354 e. The fraction of sp³-hybridized carbons (Fsp3) is 0.294. The molecule has 0 bridgehead atoms. The van der Waals surface area contributed by atoms with E-state index in [1.807, 2.05) is 6.07 Å². The number of pyridine rings is 1. The van der Waals surface area contributed by atoms with Gasteiger partial charge >= 0.3 is 6.18 Å². The zero-order chi connectivity index (χ0) is 19.7. The molecule has 0 N–H and O–H groups in total. The molecule has 3 rings (SSSR count). The van der Waals surface area contributed by atoms with Crippen molar-refractivity contribution in [1.82, 2.24) is 9.29 Å². The number of sulfonamides is 1. The van der Waals surface area contributed by atoms with Crippen molar-refractivity contribution in [3.05, 3.63) is 53.7 Å². The first kappa shape index (κ1) is 19.1. The van der Waals surface area contributed by atoms with Crippen LogP contribution in [-0.2, 0) is 16.2 Å². The maximum atomic E-state index is 12.8. The number of aromatic nitrogens is 1. The molecule has 0 spiro atoms. The summed E-state index contributed by atoms with van der Waals surface area (Å²) in [5, 5.41) is 8.80. The first-order valence-electron chi connectivity index (χ1n) is 8.01. The fourth-order valence-corrected chi connectivity index (χ4v) is 4.19. The lowest BCUT2D eigenvalue weighted by atomic mass is 10.2. The number of halogens is 3. The summed E-state index contributed by atoms with van der Waals surface area (Å²) in [6, 6.07) is 11.2. The van der Waals surface area contributed by atoms with E-state index in [-0.39, 0.29) is 36.9 Å². The highest BCUT2D eigenvalue weighted by Crippen LogP contribution is 2.29. The minimum atomic E-state index is -4.53. The third-order valence-corrected chi connectivity index (χ3v) is 6.12. The lowest BCUT2D eigenvalue weighted by molar-refractivity contribution is -0.141. The standard InChI is InChI=1S/C17H15F3N4O2S/c18-17(19,20)15-2-1-3-16(22-15)23-8-10-24(11-9-23)27(25,26)14-6-4-13(12-21)5-7-14/h1-7H,8-11H2. The van der Waals surface area contributed by atoms with Gasteiger partial charge in [-0.3, -0.25) is 0 Å². The average molecular weight is 396 g/mol. The molecule has 6 nitrogen and oxygen atoms in total. The largest absolute Gasteiger partial charge is 0.433 e. The Morgan fingerprint density at radius 3 is 2.19 bits per heavy atom. The number of anilines is 1. The van der Waals surface area contributed by atoms with Gasteiger partial charge in [-0.1, -0.05) is 6.07 Å². The number of hydrogen-bond acceptors (Lipinski definition) is 5. The molecular weight excluding hydrogens is 381 g/mol. The molecule has 0 atom stereocenters. The topological polar surface area (TPSA) is 77.3 Å². The van der Waals surface area contributed by atoms with Gasteiger partial charge in [0.05, 0.1) is 16.5 Å². The van der Waals surface area contributed by atoms with Gasteiger partial charge in [-0.15, -0.1) is 0 Å². The van der Waals surface area contributed by atoms with Gasteiger partial charge in [0.15, 0.2) is 0 Å². The van der Waals surface area contributed by atoms with Gasteiger partial charge < -0.3 is 4.90 Å². The van der Waals surface area contributed by atoms with Crippen LogP contribution in [0.15, 0.2) is 47.4 Å². The second-order valence-electron chi connectivity index (χ2n) is 5.91. The Balaban J connectivity index is 1.72. The Labute approximate surface area is 154 Å². The minimum absolute atomic E-state index is 0.0761. The van der Waals surface area contributed by atoms with E-state index in [4.69, 9.17) is 5.26 Å². The number of benzene rings is 1. The molecule has 2 heterocycles. The highest BCUT2D eigenvalue weighted by Gasteiger charge is 2.34. The molecule has 0 aliphatic carbocycles. The highest BCUT2D eigenvalue weighted by atomic mass is 32.2. The molecule has 0 unspecified atom stereocenters. The monoisotopic (exact) mass is 396 g/mol. The van der Waals surface area contributed by atoms with Crippen LogP contribution < -0.4 is 4.90 Å². The SMILES string of the molecule is N#Cc1ccc(S(=O)(=O)N2CCN(c3cccc(C(F)(F)F)n3)CC2)cc1. The van der Waals surface area contributed by atoms with Crippen LogP contribution in [0.3, 0.4) is 0 Å². The van der Waals surface area contributed by atoms with Crippen molar-refractivity contribution < 1.29 is 21.6 Å². The Bertz CT molecular complexity index is 961. The zero-order valence-electron chi connectivity index (χ0n) is 14.0. The summed E-state index contributed by atoms with van der Waals surface area (Å²) in [6.45, 7) is 0.703. The van der Waals surface area contributed by atoms with Crippen molar-refractivity contribution >= 4 is 15.8 Å². The summed E-state index contributed by atoms with van der Waals surface area (Å²) in [5.74, 6) is 0.167. The van der Waals surface area contributed by atoms with Crippen LogP contribution >= 0.6 is 0 Å². The van der Waals surface area contributed by atoms with Crippen molar-refractivity contribution in [2.75, 3.05) is 31.1 Å². The van der Waals surface area contributed by atoms with Gasteiger partial charge in [-0.05, 0) is 36.4 Å². The van der Waals surface area contributed by atoms with E-state index >= 15 is 0 Å². The van der Waals surface area contributed by atoms with Gasteiger partial charge in [-0.25, -0.2) is 13.4 Å². The molecule has 0 saturated carbocycles. The van der Waals surface area contributed by atoms with E-state index in [9.17, 15) is 21.6 Å². The average Bonchev–Trinajstić information content (AvgIpc) is 2.67. The molecule has 1 aliphatic rings. The quantitative estimate of drug-likeness (QED) is 0.797. The Morgan fingerprint density at radius 1 is 1.00 bits per heavy atom. The van der Waals surface area contributed by atoms with Gasteiger partial charge in [-0.2, -0.15) is 22.7 Å². The number of hydrogen-bond donors (Lipinski definition) is 0. The molecule has 1 saturated heterocycles. The van der Waals surface area contributed by atoms with E-state index in [1.54, 1.807) is 4.90 Å². The number of nitrogens with zero attached hydrogens (tertiary/aromatic N) is 4. The second-order valence-corrected chi connectivity index (χ2v) is 7.84. The summed E-state index contributed by atoms with van der Waals surface area (Å²) in [7, 11) is -3.73. The summed E-state index contributed by atoms with van der Waals surface area (Å²) in [6.07, 6.45) is -4.53. The van der Waals surface area contributed by atoms with Crippen LogP contribution in [0.4, 0.5) is 19.0 Å². The summed E-state index contributed by atoms with van der Waals surface area (Å²) < 4.78 is 65.0. The van der Waals surface area contributed by atoms with Crippen molar-refractivity contribution in [3.8, 4) is 6.07 Å². The summed E-state index contributed by atoms with van der Waals surface area (Å²) in [4.78, 5) is 5.34. The Kier molecular flexibility index (Phi) is 5.08. The number of piperazine rings is 1. The molecule has 0 amide bonds. The molecule has 1 aliphatic heterocycles. The predicted octanol–water partition coefficient (Wildman–Crippen LogP) is 2.48. The van der Waals surface area contributed by atoms with Gasteiger partial charge in [0.1, 0.15) is 11.5 Å². The van der Waals surface area contributed by atoms with Gasteiger partial charge in [0.25, 0.3) is 0 Å². The molecule has 2 aromatic rings. The van der Waals surface area contributed by atoms with Gasteiger partial charge in [0.2, 0.25) is 10.0 Å². The van der Waals surface area contributed by atoms with Crippen LogP contribution in [0.2, 0.25) is 0 Å². The van der Waals surface area contributed by atoms with E-state index in [0.717, 1.165) is 6.07 Å². The minimum Gasteiger partial charge on any atom is -0.354 e. The van der Waals surface area contributed by atoms with Crippen molar-refractivity contribution in [2.24, 2.45) is 0 Å². The van der Waals surface area contributed by atoms with Crippen molar-refractivity contribution in [2.45, 2.75) is 11.1 Å². The highest BCUT2D eigenvalue weighted by molar-refractivity contribution is 7.89. The van der Waals surface area contributed by atoms with Crippen LogP contribution in [0.1, 0.15) is 11.3 Å². The van der Waals surface area contributed by atoms with E-state index in [0.29, 0.717) is 5.56 Å². The molecule has 1 aromatic carbocycles. The molecule has 142 valence electrons. The predicted molar refractivity (Wildman–Crippen MR) is 91.4 cm³/mol. The molecule has 0 radical (unpaired) electrons. The number of alkyl halides is 3. The number of nitriles is 1. The Hall–Kier alpha value is -2.64. The lowest BCUT2D eigenvalue weighted by Gasteiger charge is -2.34. The third-order valence-electron chi connectivity index (χ3n) is 4.21. The molecule has 27 heavy (non-hydrogen) atoms. The van der Waals surface area contributed by atoms with Gasteiger partial charge in [0, 0.05) is 26.2 Å². The number of rotatable bonds is 3. The van der Waals surface area contributed by atoms with Crippen LogP contribution in [0.25, 0.3) is 0 Å². The maximum Gasteiger partial charge on any atom is 0.433 e. The van der Waals surface area contributed by atoms with E-state index in [2.05, 4.69) is 4.98 Å². The van der Waals surface area contributed by atoms with Crippen LogP contribution in [-0.4, -0.2) is 43.9 Å². The van der Waals surface area contributed by atoms with Crippen molar-refractivity contribution in [1.29, 1.82) is 5.26 Å². The van der Waals surface area contributed by atoms with E-state index in [1.165, 1.54) is 40.7 Å². The first-order chi connectivity index (χ1) is 12.7. The van der Waals surface area contributed by atoms with Crippen molar-refractivity contribution in [3.63, 3.8) is 0 Å². The summed E-state index contributed by atoms with van der Waals surface area (Å²) in [5.41, 5.74) is -0.623. The molecule has 1 fully saturated rings. The molecular formula is C17H15F3N4O2S. The molecule has 10 heteroatoms. The normalized spacial score (nSPS) is 16.1. The maximum absolute atomic E-state index is 12.8. The summed E-state index contributed by atoms with van der Waals surface area (Å²) >= 11 is 0. The zero-order valence-corrected chi connectivity index (χ0v) is 14.8. The third kappa shape index (κ3) is 4.04. The first-order valence-corrected chi connectivity index (χ1v) is 9.45. The fourth-order valence-electron chi connectivity index (χ4n) is 2.77. The second kappa shape index (κ2) is 7.17.